The van der Waals surface area contributed by atoms with Gasteiger partial charge in [0.05, 0.1) is 14.2 Å². The van der Waals surface area contributed by atoms with Gasteiger partial charge >= 0.3 is 0 Å². The average Bonchev–Trinajstić information content (AvgIpc) is 2.77. The van der Waals surface area contributed by atoms with Crippen LogP contribution < -0.4 is 0 Å². The number of alkyl halides is 1. The van der Waals surface area contributed by atoms with Crippen LogP contribution in [0.15, 0.2) is 34.1 Å². The van der Waals surface area contributed by atoms with Crippen molar-refractivity contribution in [2.24, 2.45) is 5.92 Å². The Balaban J connectivity index is 1.81. The highest BCUT2D eigenvalue weighted by Gasteiger charge is 2.27. The van der Waals surface area contributed by atoms with Crippen LogP contribution >= 0.6 is 50.5 Å². The number of thiophene rings is 1. The fourth-order valence-corrected chi connectivity index (χ4v) is 4.94. The van der Waals surface area contributed by atoms with Crippen LogP contribution in [0.5, 0.6) is 0 Å². The maximum atomic E-state index is 6.67. The molecule has 0 fully saturated rings. The number of rotatable bonds is 2. The number of hydrogen-bond donors (Lipinski definition) is 0. The molecule has 4 heteroatoms. The predicted molar refractivity (Wildman–Crippen MR) is 87.6 cm³/mol. The molecule has 1 heterocycles. The van der Waals surface area contributed by atoms with Gasteiger partial charge in [0.1, 0.15) is 0 Å². The largest absolute Gasteiger partial charge is 0.130 e. The molecule has 19 heavy (non-hydrogen) atoms. The normalized spacial score (nSPS) is 20.1. The molecule has 1 aliphatic rings. The Morgan fingerprint density at radius 2 is 2.00 bits per heavy atom. The van der Waals surface area contributed by atoms with Crippen molar-refractivity contribution in [2.75, 3.05) is 0 Å². The molecule has 0 saturated heterocycles. The van der Waals surface area contributed by atoms with E-state index in [1.807, 2.05) is 6.07 Å². The first-order valence-corrected chi connectivity index (χ1v) is 8.73. The summed E-state index contributed by atoms with van der Waals surface area (Å²) in [5.41, 5.74) is 2.93. The van der Waals surface area contributed by atoms with Gasteiger partial charge in [0.15, 0.2) is 0 Å². The first kappa shape index (κ1) is 13.9. The maximum Gasteiger partial charge on any atom is 0.0887 e. The van der Waals surface area contributed by atoms with E-state index in [-0.39, 0.29) is 5.38 Å². The molecule has 0 radical (unpaired) electrons. The lowest BCUT2D eigenvalue weighted by Crippen LogP contribution is -2.17. The smallest absolute Gasteiger partial charge is 0.0887 e. The summed E-state index contributed by atoms with van der Waals surface area (Å²) in [5, 5.41) is 0.823. The van der Waals surface area contributed by atoms with Crippen molar-refractivity contribution in [3.8, 4) is 0 Å². The summed E-state index contributed by atoms with van der Waals surface area (Å²) in [5.74, 6) is 0.498. The molecular formula is C15H13BrCl2S. The second-order valence-electron chi connectivity index (χ2n) is 4.94. The van der Waals surface area contributed by atoms with Gasteiger partial charge in [0.25, 0.3) is 0 Å². The fourth-order valence-electron chi connectivity index (χ4n) is 2.71. The summed E-state index contributed by atoms with van der Waals surface area (Å²) in [6.45, 7) is 0. The third-order valence-electron chi connectivity index (χ3n) is 3.73. The standard InChI is InChI=1S/C15H13BrCl2S/c16-15-12(17)8-13(19-15)14(18)11-6-5-9-3-1-2-4-10(9)7-11/h1-4,8,11,14H,5-7H2. The molecule has 2 atom stereocenters. The van der Waals surface area contributed by atoms with Gasteiger partial charge in [-0.05, 0) is 58.3 Å². The average molecular weight is 376 g/mol. The summed E-state index contributed by atoms with van der Waals surface area (Å²) in [6.07, 6.45) is 3.35. The molecule has 2 aromatic rings. The van der Waals surface area contributed by atoms with Crippen molar-refractivity contribution in [1.29, 1.82) is 0 Å². The highest BCUT2D eigenvalue weighted by atomic mass is 79.9. The molecular weight excluding hydrogens is 363 g/mol. The van der Waals surface area contributed by atoms with Gasteiger partial charge in [-0.2, -0.15) is 0 Å². The third kappa shape index (κ3) is 2.87. The van der Waals surface area contributed by atoms with E-state index in [9.17, 15) is 0 Å². The third-order valence-corrected chi connectivity index (χ3v) is 7.01. The van der Waals surface area contributed by atoms with E-state index in [1.54, 1.807) is 11.3 Å². The maximum absolute atomic E-state index is 6.67. The molecule has 1 aromatic heterocycles. The Labute approximate surface area is 135 Å². The Morgan fingerprint density at radius 1 is 1.26 bits per heavy atom. The van der Waals surface area contributed by atoms with E-state index in [2.05, 4.69) is 40.2 Å². The molecule has 0 nitrogen and oxygen atoms in total. The van der Waals surface area contributed by atoms with Crippen LogP contribution in [0.25, 0.3) is 0 Å². The number of hydrogen-bond acceptors (Lipinski definition) is 1. The minimum atomic E-state index is 0.0576. The van der Waals surface area contributed by atoms with E-state index >= 15 is 0 Å². The summed E-state index contributed by atoms with van der Waals surface area (Å²) in [7, 11) is 0. The van der Waals surface area contributed by atoms with Crippen molar-refractivity contribution in [3.63, 3.8) is 0 Å². The van der Waals surface area contributed by atoms with Gasteiger partial charge in [-0.1, -0.05) is 35.9 Å². The molecule has 0 aliphatic heterocycles. The van der Waals surface area contributed by atoms with Gasteiger partial charge in [0.2, 0.25) is 0 Å². The first-order chi connectivity index (χ1) is 9.15. The van der Waals surface area contributed by atoms with Crippen LogP contribution in [0.2, 0.25) is 5.02 Å². The quantitative estimate of drug-likeness (QED) is 0.544. The molecule has 0 saturated carbocycles. The molecule has 0 N–H and O–H groups in total. The number of benzene rings is 1. The molecule has 100 valence electrons. The van der Waals surface area contributed by atoms with E-state index in [4.69, 9.17) is 23.2 Å². The Bertz CT molecular complexity index is 574. The summed E-state index contributed by atoms with van der Waals surface area (Å²) < 4.78 is 0.978. The SMILES string of the molecule is Clc1cc(C(Cl)C2CCc3ccccc3C2)sc1Br. The molecule has 1 aromatic carbocycles. The van der Waals surface area contributed by atoms with Crippen LogP contribution in [0.1, 0.15) is 27.8 Å². The summed E-state index contributed by atoms with van der Waals surface area (Å²) in [4.78, 5) is 1.17. The molecule has 2 unspecified atom stereocenters. The van der Waals surface area contributed by atoms with Crippen LogP contribution in [0.3, 0.4) is 0 Å². The zero-order valence-corrected chi connectivity index (χ0v) is 14.1. The lowest BCUT2D eigenvalue weighted by molar-refractivity contribution is 0.446. The Hall–Kier alpha value is -0.0200. The Morgan fingerprint density at radius 3 is 2.68 bits per heavy atom. The van der Waals surface area contributed by atoms with Gasteiger partial charge in [0, 0.05) is 4.88 Å². The van der Waals surface area contributed by atoms with Crippen LogP contribution in [-0.2, 0) is 12.8 Å². The van der Waals surface area contributed by atoms with Crippen molar-refractivity contribution >= 4 is 50.5 Å². The van der Waals surface area contributed by atoms with Crippen LogP contribution in [0.4, 0.5) is 0 Å². The van der Waals surface area contributed by atoms with Crippen molar-refractivity contribution in [1.82, 2.24) is 0 Å². The minimum absolute atomic E-state index is 0.0576. The fraction of sp³-hybridized carbons (Fsp3) is 0.333. The number of halogens is 3. The number of fused-ring (bicyclic) bond motifs is 1. The Kier molecular flexibility index (Phi) is 4.23. The molecule has 3 rings (SSSR count). The zero-order valence-electron chi connectivity index (χ0n) is 10.2. The van der Waals surface area contributed by atoms with Gasteiger partial charge < -0.3 is 0 Å². The molecule has 0 amide bonds. The van der Waals surface area contributed by atoms with Crippen molar-refractivity contribution < 1.29 is 0 Å². The first-order valence-electron chi connectivity index (χ1n) is 6.30. The van der Waals surface area contributed by atoms with Crippen molar-refractivity contribution in [3.05, 3.63) is 55.1 Å². The highest BCUT2D eigenvalue weighted by Crippen LogP contribution is 2.44. The molecule has 0 bridgehead atoms. The second kappa shape index (κ2) is 5.77. The van der Waals surface area contributed by atoms with Gasteiger partial charge in [-0.3, -0.25) is 0 Å². The van der Waals surface area contributed by atoms with Crippen molar-refractivity contribution in [2.45, 2.75) is 24.6 Å². The summed E-state index contributed by atoms with van der Waals surface area (Å²) in [6, 6.07) is 10.7. The lowest BCUT2D eigenvalue weighted by Gasteiger charge is -2.27. The van der Waals surface area contributed by atoms with E-state index < -0.39 is 0 Å². The number of aryl methyl sites for hydroxylation is 1. The monoisotopic (exact) mass is 374 g/mol. The van der Waals surface area contributed by atoms with Crippen LogP contribution in [-0.4, -0.2) is 0 Å². The van der Waals surface area contributed by atoms with E-state index in [0.717, 1.165) is 28.1 Å². The van der Waals surface area contributed by atoms with Gasteiger partial charge in [-0.15, -0.1) is 22.9 Å². The van der Waals surface area contributed by atoms with E-state index in [0.29, 0.717) is 5.92 Å². The lowest BCUT2D eigenvalue weighted by atomic mass is 9.82. The molecule has 1 aliphatic carbocycles. The topological polar surface area (TPSA) is 0 Å². The van der Waals surface area contributed by atoms with Crippen LogP contribution in [0, 0.1) is 5.92 Å². The van der Waals surface area contributed by atoms with E-state index in [1.165, 1.54) is 16.0 Å². The zero-order chi connectivity index (χ0) is 13.4. The predicted octanol–water partition coefficient (Wildman–Crippen LogP) is 6.25. The molecule has 0 spiro atoms. The minimum Gasteiger partial charge on any atom is -0.130 e. The second-order valence-corrected chi connectivity index (χ2v) is 8.22. The summed E-state index contributed by atoms with van der Waals surface area (Å²) >= 11 is 17.9. The highest BCUT2D eigenvalue weighted by molar-refractivity contribution is 9.11. The van der Waals surface area contributed by atoms with Gasteiger partial charge in [-0.25, -0.2) is 0 Å².